The molecule has 2 aromatic carbocycles. The monoisotopic (exact) mass is 338 g/mol. The van der Waals surface area contributed by atoms with E-state index in [0.717, 1.165) is 10.9 Å². The van der Waals surface area contributed by atoms with Crippen LogP contribution in [0.1, 0.15) is 26.3 Å². The minimum absolute atomic E-state index is 0.197. The highest BCUT2D eigenvalue weighted by molar-refractivity contribution is 6.12. The topological polar surface area (TPSA) is 133 Å². The number of fused-ring (bicyclic) bond motifs is 1. The smallest absolute Gasteiger partial charge is 0.342 e. The van der Waals surface area contributed by atoms with E-state index in [1.165, 1.54) is 0 Å². The van der Waals surface area contributed by atoms with Gasteiger partial charge in [0.2, 0.25) is 0 Å². The van der Waals surface area contributed by atoms with Crippen LogP contribution in [0.15, 0.2) is 41.2 Å². The predicted molar refractivity (Wildman–Crippen MR) is 93.1 cm³/mol. The van der Waals surface area contributed by atoms with Crippen LogP contribution in [0.5, 0.6) is 0 Å². The second kappa shape index (κ2) is 5.79. The van der Waals surface area contributed by atoms with E-state index in [4.69, 9.17) is 5.73 Å². The van der Waals surface area contributed by atoms with E-state index < -0.39 is 28.6 Å². The molecule has 126 valence electrons. The second-order valence-electron chi connectivity index (χ2n) is 5.58. The number of nitrogen functional groups attached to an aromatic ring is 1. The molecule has 0 unspecified atom stereocenters. The number of hydrogen-bond acceptors (Lipinski definition) is 4. The van der Waals surface area contributed by atoms with Gasteiger partial charge >= 0.3 is 11.9 Å². The van der Waals surface area contributed by atoms with Crippen molar-refractivity contribution in [2.24, 2.45) is 0 Å². The minimum atomic E-state index is -1.52. The lowest BCUT2D eigenvalue weighted by Crippen LogP contribution is -2.24. The molecular formula is C18H14N2O5. The molecule has 1 heterocycles. The molecule has 0 saturated carbocycles. The first kappa shape index (κ1) is 16.3. The lowest BCUT2D eigenvalue weighted by molar-refractivity contribution is 0.0695. The van der Waals surface area contributed by atoms with Crippen molar-refractivity contribution in [3.8, 4) is 11.1 Å². The van der Waals surface area contributed by atoms with Crippen molar-refractivity contribution in [2.45, 2.75) is 6.92 Å². The van der Waals surface area contributed by atoms with Gasteiger partial charge in [0, 0.05) is 5.56 Å². The van der Waals surface area contributed by atoms with Gasteiger partial charge in [0.1, 0.15) is 16.9 Å². The Morgan fingerprint density at radius 3 is 2.16 bits per heavy atom. The number of nitrogens with two attached hydrogens (primary N) is 1. The zero-order valence-corrected chi connectivity index (χ0v) is 13.2. The lowest BCUT2D eigenvalue weighted by atomic mass is 9.90. The Balaban J connectivity index is 2.58. The molecular weight excluding hydrogens is 324 g/mol. The Labute approximate surface area is 141 Å². The third-order valence-corrected chi connectivity index (χ3v) is 4.08. The fourth-order valence-electron chi connectivity index (χ4n) is 2.98. The summed E-state index contributed by atoms with van der Waals surface area (Å²) in [6.07, 6.45) is 0. The van der Waals surface area contributed by atoms with Crippen LogP contribution in [-0.2, 0) is 0 Å². The standard InChI is InChI=1S/C18H14N2O5/c1-8-6-7-11(10-5-3-2-4-9(8)10)12-13(17(22)23)15(19)20-16(21)14(12)18(24)25/h2-7H,1H3,(H,22,23)(H,24,25)(H3,19,20,21). The number of anilines is 1. The molecule has 7 heteroatoms. The first-order valence-electron chi connectivity index (χ1n) is 7.34. The van der Waals surface area contributed by atoms with E-state index in [-0.39, 0.29) is 11.4 Å². The van der Waals surface area contributed by atoms with Crippen LogP contribution < -0.4 is 11.3 Å². The Morgan fingerprint density at radius 2 is 1.56 bits per heavy atom. The van der Waals surface area contributed by atoms with Crippen molar-refractivity contribution in [3.63, 3.8) is 0 Å². The Hall–Kier alpha value is -3.61. The van der Waals surface area contributed by atoms with Crippen molar-refractivity contribution < 1.29 is 19.8 Å². The van der Waals surface area contributed by atoms with Gasteiger partial charge in [-0.2, -0.15) is 0 Å². The summed E-state index contributed by atoms with van der Waals surface area (Å²) >= 11 is 0. The van der Waals surface area contributed by atoms with Gasteiger partial charge in [-0.15, -0.1) is 0 Å². The Morgan fingerprint density at radius 1 is 0.960 bits per heavy atom. The summed E-state index contributed by atoms with van der Waals surface area (Å²) in [5.74, 6) is -3.33. The largest absolute Gasteiger partial charge is 0.478 e. The first-order chi connectivity index (χ1) is 11.8. The number of pyridine rings is 1. The van der Waals surface area contributed by atoms with Crippen LogP contribution in [-0.4, -0.2) is 27.1 Å². The quantitative estimate of drug-likeness (QED) is 0.580. The molecule has 0 atom stereocenters. The van der Waals surface area contributed by atoms with Crippen molar-refractivity contribution in [2.75, 3.05) is 5.73 Å². The van der Waals surface area contributed by atoms with Gasteiger partial charge in [-0.3, -0.25) is 4.79 Å². The van der Waals surface area contributed by atoms with Crippen molar-refractivity contribution in [3.05, 3.63) is 63.4 Å². The summed E-state index contributed by atoms with van der Waals surface area (Å²) in [6.45, 7) is 1.88. The molecule has 5 N–H and O–H groups in total. The van der Waals surface area contributed by atoms with Crippen LogP contribution in [0.2, 0.25) is 0 Å². The number of H-pyrrole nitrogens is 1. The summed E-state index contributed by atoms with van der Waals surface area (Å²) < 4.78 is 0. The van der Waals surface area contributed by atoms with Gasteiger partial charge in [0.15, 0.2) is 0 Å². The molecule has 25 heavy (non-hydrogen) atoms. The van der Waals surface area contributed by atoms with Gasteiger partial charge in [0.05, 0.1) is 0 Å². The number of benzene rings is 2. The second-order valence-corrected chi connectivity index (χ2v) is 5.58. The summed E-state index contributed by atoms with van der Waals surface area (Å²) in [4.78, 5) is 37.6. The molecule has 0 radical (unpaired) electrons. The average Bonchev–Trinajstić information content (AvgIpc) is 2.54. The van der Waals surface area contributed by atoms with Crippen LogP contribution in [0, 0.1) is 6.92 Å². The molecule has 0 spiro atoms. The molecule has 3 rings (SSSR count). The highest BCUT2D eigenvalue weighted by Crippen LogP contribution is 2.35. The number of carboxylic acid groups (broad SMARTS) is 2. The number of aryl methyl sites for hydroxylation is 1. The van der Waals surface area contributed by atoms with Crippen molar-refractivity contribution >= 4 is 28.5 Å². The van der Waals surface area contributed by atoms with Crippen LogP contribution >= 0.6 is 0 Å². The summed E-state index contributed by atoms with van der Waals surface area (Å²) in [5, 5.41) is 20.5. The number of nitrogens with one attached hydrogen (secondary N) is 1. The molecule has 3 aromatic rings. The molecule has 0 fully saturated rings. The summed E-state index contributed by atoms with van der Waals surface area (Å²) in [5.41, 5.74) is 4.70. The Kier molecular flexibility index (Phi) is 3.76. The van der Waals surface area contributed by atoms with E-state index in [1.807, 2.05) is 19.1 Å². The first-order valence-corrected chi connectivity index (χ1v) is 7.34. The maximum atomic E-state index is 12.1. The molecule has 0 aliphatic heterocycles. The zero-order chi connectivity index (χ0) is 18.3. The molecule has 0 aliphatic carbocycles. The summed E-state index contributed by atoms with van der Waals surface area (Å²) in [6, 6.07) is 10.5. The number of rotatable bonds is 3. The highest BCUT2D eigenvalue weighted by Gasteiger charge is 2.27. The maximum absolute atomic E-state index is 12.1. The molecule has 0 aliphatic rings. The van der Waals surface area contributed by atoms with Crippen molar-refractivity contribution in [1.82, 2.24) is 4.98 Å². The highest BCUT2D eigenvalue weighted by atomic mass is 16.4. The molecule has 1 aromatic heterocycles. The Bertz CT molecular complexity index is 1100. The fraction of sp³-hybridized carbons (Fsp3) is 0.0556. The van der Waals surface area contributed by atoms with Gasteiger partial charge in [-0.25, -0.2) is 9.59 Å². The molecule has 0 amide bonds. The third kappa shape index (κ3) is 2.51. The number of carbonyl (C=O) groups is 2. The number of aromatic amines is 1. The minimum Gasteiger partial charge on any atom is -0.478 e. The predicted octanol–water partition coefficient (Wildman–Crippen LogP) is 2.48. The lowest BCUT2D eigenvalue weighted by Gasteiger charge is -2.15. The number of carboxylic acids is 2. The normalized spacial score (nSPS) is 10.8. The maximum Gasteiger partial charge on any atom is 0.342 e. The van der Waals surface area contributed by atoms with E-state index in [2.05, 4.69) is 4.98 Å². The van der Waals surface area contributed by atoms with Gasteiger partial charge < -0.3 is 20.9 Å². The van der Waals surface area contributed by atoms with E-state index >= 15 is 0 Å². The average molecular weight is 338 g/mol. The van der Waals surface area contributed by atoms with Crippen molar-refractivity contribution in [1.29, 1.82) is 0 Å². The number of aromatic carboxylic acids is 2. The van der Waals surface area contributed by atoms with Gasteiger partial charge in [0.25, 0.3) is 5.56 Å². The van der Waals surface area contributed by atoms with E-state index in [9.17, 15) is 24.6 Å². The third-order valence-electron chi connectivity index (χ3n) is 4.08. The molecule has 0 bridgehead atoms. The van der Waals surface area contributed by atoms with Gasteiger partial charge in [-0.05, 0) is 28.8 Å². The SMILES string of the molecule is Cc1ccc(-c2c(C(=O)O)c(N)[nH]c(=O)c2C(=O)O)c2ccccc12. The van der Waals surface area contributed by atoms with Crippen LogP contribution in [0.25, 0.3) is 21.9 Å². The fourth-order valence-corrected chi connectivity index (χ4v) is 2.98. The van der Waals surface area contributed by atoms with Gasteiger partial charge in [-0.1, -0.05) is 36.4 Å². The zero-order valence-electron chi connectivity index (χ0n) is 13.2. The van der Waals surface area contributed by atoms with E-state index in [0.29, 0.717) is 10.9 Å². The molecule has 0 saturated heterocycles. The van der Waals surface area contributed by atoms with Crippen LogP contribution in [0.3, 0.4) is 0 Å². The van der Waals surface area contributed by atoms with Crippen LogP contribution in [0.4, 0.5) is 5.82 Å². The molecule has 7 nitrogen and oxygen atoms in total. The van der Waals surface area contributed by atoms with E-state index in [1.54, 1.807) is 24.3 Å². The number of aromatic nitrogens is 1. The number of hydrogen-bond donors (Lipinski definition) is 4. The summed E-state index contributed by atoms with van der Waals surface area (Å²) in [7, 11) is 0.